The van der Waals surface area contributed by atoms with E-state index < -0.39 is 0 Å². The third kappa shape index (κ3) is 4.08. The molecule has 1 amide bonds. The first-order valence-electron chi connectivity index (χ1n) is 9.35. The summed E-state index contributed by atoms with van der Waals surface area (Å²) in [5.41, 5.74) is 0.968. The molecule has 0 spiro atoms. The van der Waals surface area contributed by atoms with Crippen LogP contribution in [0.3, 0.4) is 0 Å². The molecule has 0 saturated carbocycles. The van der Waals surface area contributed by atoms with Gasteiger partial charge in [-0.25, -0.2) is 0 Å². The molecule has 1 fully saturated rings. The molecule has 1 aliphatic rings. The van der Waals surface area contributed by atoms with Crippen molar-refractivity contribution in [1.29, 1.82) is 0 Å². The third-order valence-corrected chi connectivity index (χ3v) is 5.38. The van der Waals surface area contributed by atoms with Crippen LogP contribution in [-0.2, 0) is 6.54 Å². The highest BCUT2D eigenvalue weighted by Crippen LogP contribution is 2.19. The van der Waals surface area contributed by atoms with Crippen LogP contribution >= 0.6 is 11.6 Å². The Bertz CT molecular complexity index is 1050. The zero-order valence-electron chi connectivity index (χ0n) is 15.3. The first kappa shape index (κ1) is 18.7. The molecule has 28 heavy (non-hydrogen) atoms. The Morgan fingerprint density at radius 2 is 2.18 bits per heavy atom. The third-order valence-electron chi connectivity index (χ3n) is 5.14. The first-order chi connectivity index (χ1) is 13.6. The number of nitrogens with one attached hydrogen (secondary N) is 2. The predicted octanol–water partition coefficient (Wildman–Crippen LogP) is 2.97. The molecule has 0 aliphatic carbocycles. The highest BCUT2D eigenvalue weighted by atomic mass is 35.5. The van der Waals surface area contributed by atoms with Crippen molar-refractivity contribution in [3.8, 4) is 0 Å². The number of carbonyl (C=O) groups is 1. The molecular weight excluding hydrogens is 376 g/mol. The first-order valence-corrected chi connectivity index (χ1v) is 9.73. The van der Waals surface area contributed by atoms with Gasteiger partial charge < -0.3 is 10.3 Å². The van der Waals surface area contributed by atoms with Crippen LogP contribution in [-0.4, -0.2) is 39.9 Å². The van der Waals surface area contributed by atoms with Crippen molar-refractivity contribution in [2.24, 2.45) is 0 Å². The summed E-state index contributed by atoms with van der Waals surface area (Å²) >= 11 is 5.95. The maximum atomic E-state index is 12.6. The van der Waals surface area contributed by atoms with Gasteiger partial charge in [-0.1, -0.05) is 23.7 Å². The maximum absolute atomic E-state index is 12.6. The molecule has 7 heteroatoms. The summed E-state index contributed by atoms with van der Waals surface area (Å²) in [5, 5.41) is 4.62. The fourth-order valence-corrected chi connectivity index (χ4v) is 3.87. The number of benzene rings is 1. The number of nitrogens with zero attached hydrogens (tertiary/aromatic N) is 2. The van der Waals surface area contributed by atoms with E-state index in [0.29, 0.717) is 22.3 Å². The lowest BCUT2D eigenvalue weighted by Crippen LogP contribution is -2.40. The Morgan fingerprint density at radius 3 is 3.00 bits per heavy atom. The van der Waals surface area contributed by atoms with Gasteiger partial charge in [-0.15, -0.1) is 0 Å². The van der Waals surface area contributed by atoms with Gasteiger partial charge in [-0.05, 0) is 55.1 Å². The minimum Gasteiger partial charge on any atom is -0.349 e. The van der Waals surface area contributed by atoms with Crippen LogP contribution in [0, 0.1) is 0 Å². The zero-order valence-corrected chi connectivity index (χ0v) is 16.1. The van der Waals surface area contributed by atoms with Gasteiger partial charge in [0.2, 0.25) is 0 Å². The fourth-order valence-electron chi connectivity index (χ4n) is 3.69. The number of hydrogen-bond donors (Lipinski definition) is 2. The minimum absolute atomic E-state index is 0.258. The lowest BCUT2D eigenvalue weighted by Gasteiger charge is -2.24. The van der Waals surface area contributed by atoms with Gasteiger partial charge in [-0.2, -0.15) is 0 Å². The van der Waals surface area contributed by atoms with Crippen LogP contribution in [0.5, 0.6) is 0 Å². The molecule has 144 valence electrons. The number of H-pyrrole nitrogens is 1. The molecule has 3 aromatic rings. The average molecular weight is 397 g/mol. The van der Waals surface area contributed by atoms with Gasteiger partial charge >= 0.3 is 0 Å². The van der Waals surface area contributed by atoms with Crippen molar-refractivity contribution in [3.63, 3.8) is 0 Å². The highest BCUT2D eigenvalue weighted by molar-refractivity contribution is 6.31. The van der Waals surface area contributed by atoms with Gasteiger partial charge in [0, 0.05) is 35.7 Å². The normalized spacial score (nSPS) is 17.1. The number of amides is 1. The number of aromatic amines is 1. The molecule has 1 aliphatic heterocycles. The molecular formula is C21H21ClN4O2. The quantitative estimate of drug-likeness (QED) is 0.695. The van der Waals surface area contributed by atoms with E-state index in [4.69, 9.17) is 11.6 Å². The number of likely N-dealkylation sites (tertiary alicyclic amines) is 1. The lowest BCUT2D eigenvalue weighted by atomic mass is 10.1. The van der Waals surface area contributed by atoms with Gasteiger partial charge in [0.1, 0.15) is 5.69 Å². The SMILES string of the molecule is O=C(NCC1CCCN1Cc1ccccn1)c1cc2ccc(Cl)cc2c(=O)[nH]1. The molecule has 1 aromatic carbocycles. The monoisotopic (exact) mass is 396 g/mol. The molecule has 0 bridgehead atoms. The summed E-state index contributed by atoms with van der Waals surface area (Å²) in [6.07, 6.45) is 3.92. The minimum atomic E-state index is -0.317. The topological polar surface area (TPSA) is 78.1 Å². The largest absolute Gasteiger partial charge is 0.349 e. The fraction of sp³-hybridized carbons (Fsp3) is 0.286. The summed E-state index contributed by atoms with van der Waals surface area (Å²) in [7, 11) is 0. The van der Waals surface area contributed by atoms with E-state index in [2.05, 4.69) is 20.2 Å². The van der Waals surface area contributed by atoms with Gasteiger partial charge in [0.15, 0.2) is 0 Å². The summed E-state index contributed by atoms with van der Waals surface area (Å²) in [6.45, 7) is 2.30. The zero-order chi connectivity index (χ0) is 19.5. The summed E-state index contributed by atoms with van der Waals surface area (Å²) in [4.78, 5) is 34.2. The van der Waals surface area contributed by atoms with Crippen LogP contribution < -0.4 is 10.9 Å². The van der Waals surface area contributed by atoms with E-state index in [1.54, 1.807) is 30.5 Å². The number of aromatic nitrogens is 2. The molecule has 3 heterocycles. The van der Waals surface area contributed by atoms with Crippen LogP contribution in [0.25, 0.3) is 10.8 Å². The second-order valence-corrected chi connectivity index (χ2v) is 7.48. The average Bonchev–Trinajstić information content (AvgIpc) is 3.14. The Morgan fingerprint density at radius 1 is 1.29 bits per heavy atom. The molecule has 4 rings (SSSR count). The second-order valence-electron chi connectivity index (χ2n) is 7.04. The van der Waals surface area contributed by atoms with Crippen molar-refractivity contribution >= 4 is 28.3 Å². The number of pyridine rings is 2. The smallest absolute Gasteiger partial charge is 0.267 e. The Kier molecular flexibility index (Phi) is 5.41. The van der Waals surface area contributed by atoms with E-state index in [1.807, 2.05) is 18.2 Å². The molecule has 6 nitrogen and oxygen atoms in total. The summed E-state index contributed by atoms with van der Waals surface area (Å²) < 4.78 is 0. The molecule has 1 atom stereocenters. The highest BCUT2D eigenvalue weighted by Gasteiger charge is 2.25. The molecule has 0 radical (unpaired) electrons. The summed E-state index contributed by atoms with van der Waals surface area (Å²) in [6, 6.07) is 12.9. The van der Waals surface area contributed by atoms with Crippen molar-refractivity contribution < 1.29 is 4.79 Å². The maximum Gasteiger partial charge on any atom is 0.267 e. The van der Waals surface area contributed by atoms with E-state index >= 15 is 0 Å². The standard InChI is InChI=1S/C21H21ClN4O2/c22-15-7-6-14-10-19(25-20(27)18(14)11-15)21(28)24-12-17-5-3-9-26(17)13-16-4-1-2-8-23-16/h1-2,4,6-8,10-11,17H,3,5,9,12-13H2,(H,24,28)(H,25,27). The van der Waals surface area contributed by atoms with Crippen molar-refractivity contribution in [2.45, 2.75) is 25.4 Å². The molecule has 1 saturated heterocycles. The molecule has 2 N–H and O–H groups in total. The van der Waals surface area contributed by atoms with Crippen LogP contribution in [0.15, 0.2) is 53.5 Å². The predicted molar refractivity (Wildman–Crippen MR) is 110 cm³/mol. The number of carbonyl (C=O) groups excluding carboxylic acids is 1. The van der Waals surface area contributed by atoms with Crippen LogP contribution in [0.1, 0.15) is 29.0 Å². The van der Waals surface area contributed by atoms with E-state index in [1.165, 1.54) is 0 Å². The van der Waals surface area contributed by atoms with Gasteiger partial charge in [0.25, 0.3) is 11.5 Å². The number of rotatable bonds is 5. The Hall–Kier alpha value is -2.70. The molecule has 2 aromatic heterocycles. The van der Waals surface area contributed by atoms with Gasteiger partial charge in [0.05, 0.1) is 5.69 Å². The lowest BCUT2D eigenvalue weighted by molar-refractivity contribution is 0.0934. The number of halogens is 1. The van der Waals surface area contributed by atoms with Crippen molar-refractivity contribution in [1.82, 2.24) is 20.2 Å². The summed E-state index contributed by atoms with van der Waals surface area (Å²) in [5.74, 6) is -0.279. The van der Waals surface area contributed by atoms with Crippen molar-refractivity contribution in [2.75, 3.05) is 13.1 Å². The molecule has 1 unspecified atom stereocenters. The second kappa shape index (κ2) is 8.12. The van der Waals surface area contributed by atoms with Gasteiger partial charge in [-0.3, -0.25) is 19.5 Å². The number of hydrogen-bond acceptors (Lipinski definition) is 4. The Balaban J connectivity index is 1.43. The van der Waals surface area contributed by atoms with Crippen LogP contribution in [0.4, 0.5) is 0 Å². The number of fused-ring (bicyclic) bond motifs is 1. The van der Waals surface area contributed by atoms with E-state index in [-0.39, 0.29) is 23.2 Å². The van der Waals surface area contributed by atoms with Crippen LogP contribution in [0.2, 0.25) is 5.02 Å². The van der Waals surface area contributed by atoms with E-state index in [9.17, 15) is 9.59 Å². The van der Waals surface area contributed by atoms with E-state index in [0.717, 1.165) is 31.6 Å². The Labute approximate surface area is 167 Å². The van der Waals surface area contributed by atoms with Crippen molar-refractivity contribution in [3.05, 3.63) is 75.4 Å².